The highest BCUT2D eigenvalue weighted by atomic mass is 19.4. The number of imidazole rings is 2. The van der Waals surface area contributed by atoms with E-state index in [1.807, 2.05) is 20.0 Å². The summed E-state index contributed by atoms with van der Waals surface area (Å²) in [7, 11) is 0. The van der Waals surface area contributed by atoms with Crippen molar-refractivity contribution in [2.45, 2.75) is 38.7 Å². The predicted octanol–water partition coefficient (Wildman–Crippen LogP) is 2.77. The zero-order chi connectivity index (χ0) is 20.4. The van der Waals surface area contributed by atoms with Crippen LogP contribution in [0.15, 0.2) is 18.7 Å². The molecular weight excluding hydrogens is 389 g/mol. The molecule has 5 heterocycles. The average molecular weight is 404 g/mol. The predicted molar refractivity (Wildman–Crippen MR) is 93.5 cm³/mol. The van der Waals surface area contributed by atoms with Crippen molar-refractivity contribution >= 4 is 5.78 Å². The highest BCUT2D eigenvalue weighted by Gasteiger charge is 2.37. The Kier molecular flexibility index (Phi) is 3.60. The lowest BCUT2D eigenvalue weighted by atomic mass is 9.97. The van der Waals surface area contributed by atoms with Gasteiger partial charge in [0, 0.05) is 24.4 Å². The maximum Gasteiger partial charge on any atom is 0.453 e. The van der Waals surface area contributed by atoms with Crippen LogP contribution < -0.4 is 0 Å². The number of fused-ring (bicyclic) bond motifs is 2. The van der Waals surface area contributed by atoms with Crippen LogP contribution in [0.5, 0.6) is 0 Å². The first kappa shape index (κ1) is 17.8. The third-order valence-electron chi connectivity index (χ3n) is 4.70. The van der Waals surface area contributed by atoms with Gasteiger partial charge in [-0.1, -0.05) is 0 Å². The number of H-pyrrole nitrogens is 2. The summed E-state index contributed by atoms with van der Waals surface area (Å²) in [4.78, 5) is 19.7. The number of hydrogen-bond donors (Lipinski definition) is 2. The Hall–Kier alpha value is -3.28. The maximum atomic E-state index is 13.0. The van der Waals surface area contributed by atoms with E-state index in [0.717, 1.165) is 11.3 Å². The van der Waals surface area contributed by atoms with Crippen molar-refractivity contribution in [3.8, 4) is 22.9 Å². The van der Waals surface area contributed by atoms with E-state index in [2.05, 4.69) is 35.1 Å². The van der Waals surface area contributed by atoms with Gasteiger partial charge in [-0.05, 0) is 13.8 Å². The summed E-state index contributed by atoms with van der Waals surface area (Å²) < 4.78 is 46.4. The minimum atomic E-state index is -4.67. The van der Waals surface area contributed by atoms with Crippen molar-refractivity contribution < 1.29 is 17.9 Å². The van der Waals surface area contributed by atoms with Crippen LogP contribution in [0, 0.1) is 0 Å². The van der Waals surface area contributed by atoms with Crippen LogP contribution in [0.2, 0.25) is 0 Å². The molecule has 0 spiro atoms. The van der Waals surface area contributed by atoms with E-state index in [1.54, 1.807) is 10.6 Å². The molecule has 0 saturated carbocycles. The van der Waals surface area contributed by atoms with Gasteiger partial charge in [-0.3, -0.25) is 9.50 Å². The SMILES string of the molecule is CC1(C)Cc2nc3nc(-c4nc(C(F)(F)F)n[nH]4)c(-c4c[nH]cn4)n3cc2CO1. The maximum absolute atomic E-state index is 13.0. The van der Waals surface area contributed by atoms with Crippen molar-refractivity contribution in [3.05, 3.63) is 35.8 Å². The molecule has 0 unspecified atom stereocenters. The van der Waals surface area contributed by atoms with Crippen LogP contribution >= 0.6 is 0 Å². The van der Waals surface area contributed by atoms with E-state index in [9.17, 15) is 13.2 Å². The minimum Gasteiger partial charge on any atom is -0.370 e. The Morgan fingerprint density at radius 3 is 2.72 bits per heavy atom. The lowest BCUT2D eigenvalue weighted by Gasteiger charge is -2.30. The van der Waals surface area contributed by atoms with Gasteiger partial charge in [-0.15, -0.1) is 5.10 Å². The van der Waals surface area contributed by atoms with Crippen LogP contribution in [0.25, 0.3) is 28.7 Å². The molecular formula is C17H15F3N8O. The van der Waals surface area contributed by atoms with Crippen LogP contribution in [0.1, 0.15) is 30.9 Å². The number of halogens is 3. The van der Waals surface area contributed by atoms with Gasteiger partial charge in [-0.25, -0.2) is 19.9 Å². The van der Waals surface area contributed by atoms with Gasteiger partial charge < -0.3 is 9.72 Å². The fraction of sp³-hybridized carbons (Fsp3) is 0.353. The second kappa shape index (κ2) is 5.86. The van der Waals surface area contributed by atoms with Gasteiger partial charge in [0.2, 0.25) is 5.78 Å². The van der Waals surface area contributed by atoms with E-state index in [0.29, 0.717) is 30.2 Å². The number of aromatic nitrogens is 8. The molecule has 0 fully saturated rings. The molecule has 4 aromatic heterocycles. The van der Waals surface area contributed by atoms with Crippen LogP contribution in [-0.2, 0) is 23.9 Å². The summed E-state index contributed by atoms with van der Waals surface area (Å²) in [6.45, 7) is 4.32. The van der Waals surface area contributed by atoms with E-state index >= 15 is 0 Å². The number of ether oxygens (including phenoxy) is 1. The van der Waals surface area contributed by atoms with Crippen molar-refractivity contribution in [1.29, 1.82) is 0 Å². The second-order valence-corrected chi connectivity index (χ2v) is 7.38. The topological polar surface area (TPSA) is 110 Å². The molecule has 0 bridgehead atoms. The molecule has 5 rings (SSSR count). The molecule has 9 nitrogen and oxygen atoms in total. The average Bonchev–Trinajstić information content (AvgIpc) is 3.36. The molecule has 1 aliphatic heterocycles. The van der Waals surface area contributed by atoms with Crippen molar-refractivity contribution in [2.24, 2.45) is 0 Å². The van der Waals surface area contributed by atoms with Crippen molar-refractivity contribution in [1.82, 2.24) is 39.5 Å². The van der Waals surface area contributed by atoms with Crippen LogP contribution in [0.3, 0.4) is 0 Å². The lowest BCUT2D eigenvalue weighted by molar-refractivity contribution is -0.144. The van der Waals surface area contributed by atoms with Crippen LogP contribution in [0.4, 0.5) is 13.2 Å². The quantitative estimate of drug-likeness (QED) is 0.532. The molecule has 29 heavy (non-hydrogen) atoms. The summed E-state index contributed by atoms with van der Waals surface area (Å²) in [5.74, 6) is -1.05. The van der Waals surface area contributed by atoms with Gasteiger partial charge >= 0.3 is 6.18 Å². The van der Waals surface area contributed by atoms with Gasteiger partial charge in [-0.2, -0.15) is 13.2 Å². The Bertz CT molecular complexity index is 1210. The first-order chi connectivity index (χ1) is 13.7. The highest BCUT2D eigenvalue weighted by Crippen LogP contribution is 2.34. The molecule has 4 aromatic rings. The largest absolute Gasteiger partial charge is 0.453 e. The molecule has 0 aromatic carbocycles. The summed E-state index contributed by atoms with van der Waals surface area (Å²) in [6.07, 6.45) is 0.846. The lowest BCUT2D eigenvalue weighted by Crippen LogP contribution is -2.32. The molecule has 0 amide bonds. The van der Waals surface area contributed by atoms with E-state index in [1.165, 1.54) is 6.33 Å². The molecule has 1 aliphatic rings. The second-order valence-electron chi connectivity index (χ2n) is 7.38. The third kappa shape index (κ3) is 2.95. The Morgan fingerprint density at radius 2 is 2.03 bits per heavy atom. The number of hydrogen-bond acceptors (Lipinski definition) is 6. The van der Waals surface area contributed by atoms with Gasteiger partial charge in [0.15, 0.2) is 5.82 Å². The Morgan fingerprint density at radius 1 is 1.21 bits per heavy atom. The van der Waals surface area contributed by atoms with Gasteiger partial charge in [0.25, 0.3) is 5.82 Å². The molecule has 2 N–H and O–H groups in total. The normalized spacial score (nSPS) is 16.3. The molecule has 0 saturated heterocycles. The number of nitrogens with one attached hydrogen (secondary N) is 2. The monoisotopic (exact) mass is 404 g/mol. The van der Waals surface area contributed by atoms with Crippen molar-refractivity contribution in [3.63, 3.8) is 0 Å². The van der Waals surface area contributed by atoms with Gasteiger partial charge in [0.1, 0.15) is 17.1 Å². The summed E-state index contributed by atoms with van der Waals surface area (Å²) >= 11 is 0. The fourth-order valence-corrected chi connectivity index (χ4v) is 3.34. The molecule has 0 aliphatic carbocycles. The summed E-state index contributed by atoms with van der Waals surface area (Å²) in [6, 6.07) is 0. The Labute approximate surface area is 161 Å². The highest BCUT2D eigenvalue weighted by molar-refractivity contribution is 5.76. The number of nitrogens with zero attached hydrogens (tertiary/aromatic N) is 6. The van der Waals surface area contributed by atoms with E-state index in [4.69, 9.17) is 4.74 Å². The zero-order valence-corrected chi connectivity index (χ0v) is 15.4. The smallest absolute Gasteiger partial charge is 0.370 e. The van der Waals surface area contributed by atoms with Crippen LogP contribution in [-0.4, -0.2) is 45.1 Å². The van der Waals surface area contributed by atoms with Crippen molar-refractivity contribution in [2.75, 3.05) is 0 Å². The minimum absolute atomic E-state index is 0.115. The van der Waals surface area contributed by atoms with Gasteiger partial charge in [0.05, 0.1) is 24.2 Å². The zero-order valence-electron chi connectivity index (χ0n) is 15.4. The summed E-state index contributed by atoms with van der Waals surface area (Å²) in [5, 5.41) is 5.60. The number of rotatable bonds is 2. The fourth-order valence-electron chi connectivity index (χ4n) is 3.34. The first-order valence-electron chi connectivity index (χ1n) is 8.75. The van der Waals surface area contributed by atoms with E-state index < -0.39 is 12.0 Å². The van der Waals surface area contributed by atoms with E-state index in [-0.39, 0.29) is 17.1 Å². The summed E-state index contributed by atoms with van der Waals surface area (Å²) in [5.41, 5.74) is 2.47. The Balaban J connectivity index is 1.73. The third-order valence-corrected chi connectivity index (χ3v) is 4.70. The number of aromatic amines is 2. The molecule has 0 atom stereocenters. The first-order valence-corrected chi connectivity index (χ1v) is 8.75. The standard InChI is InChI=1S/C17H15F3N8O/c1-16(2)3-9-8(6-29-16)5-28-12(10-4-21-7-22-10)11(24-15(28)23-9)13-25-14(27-26-13)17(18,19)20/h4-5,7H,3,6H2,1-2H3,(H,21,22)(H,25,26,27). The molecule has 0 radical (unpaired) electrons. The molecule has 150 valence electrons. The number of alkyl halides is 3. The molecule has 12 heteroatoms.